The third-order valence-electron chi connectivity index (χ3n) is 11.5. The molecule has 1 aliphatic carbocycles. The van der Waals surface area contributed by atoms with E-state index in [1.165, 1.54) is 109 Å². The van der Waals surface area contributed by atoms with Gasteiger partial charge in [-0.25, -0.2) is 0 Å². The van der Waals surface area contributed by atoms with Crippen LogP contribution in [0.5, 0.6) is 0 Å². The van der Waals surface area contributed by atoms with Crippen molar-refractivity contribution in [2.24, 2.45) is 0 Å². The Bertz CT molecular complexity index is 3070. The van der Waals surface area contributed by atoms with Crippen molar-refractivity contribution in [3.8, 4) is 22.3 Å². The molecule has 10 aromatic carbocycles. The van der Waals surface area contributed by atoms with Crippen molar-refractivity contribution in [2.45, 2.75) is 19.3 Å². The van der Waals surface area contributed by atoms with Crippen molar-refractivity contribution in [3.05, 3.63) is 169 Å². The fourth-order valence-electron chi connectivity index (χ4n) is 9.39. The highest BCUT2D eigenvalue weighted by molar-refractivity contribution is 6.33. The summed E-state index contributed by atoms with van der Waals surface area (Å²) in [5.41, 5.74) is 8.04. The van der Waals surface area contributed by atoms with Crippen LogP contribution in [-0.2, 0) is 5.41 Å². The van der Waals surface area contributed by atoms with E-state index >= 15 is 0 Å². The van der Waals surface area contributed by atoms with Crippen molar-refractivity contribution in [1.82, 2.24) is 0 Å². The van der Waals surface area contributed by atoms with E-state index in [9.17, 15) is 0 Å². The van der Waals surface area contributed by atoms with E-state index in [4.69, 9.17) is 0 Å². The minimum Gasteiger partial charge on any atom is -0.0616 e. The maximum absolute atomic E-state index is 2.48. The Morgan fingerprint density at radius 3 is 1.55 bits per heavy atom. The van der Waals surface area contributed by atoms with Gasteiger partial charge in [-0.3, -0.25) is 0 Å². The van der Waals surface area contributed by atoms with Crippen LogP contribution in [-0.4, -0.2) is 0 Å². The first kappa shape index (κ1) is 27.0. The highest BCUT2D eigenvalue weighted by atomic mass is 14.4. The molecule has 0 radical (unpaired) electrons. The number of hydrogen-bond donors (Lipinski definition) is 0. The summed E-state index contributed by atoms with van der Waals surface area (Å²) < 4.78 is 0. The Morgan fingerprint density at radius 1 is 0.347 bits per heavy atom. The molecule has 0 fully saturated rings. The van der Waals surface area contributed by atoms with Gasteiger partial charge in [0.25, 0.3) is 0 Å². The van der Waals surface area contributed by atoms with Gasteiger partial charge in [-0.1, -0.05) is 147 Å². The zero-order valence-corrected chi connectivity index (χ0v) is 27.5. The Balaban J connectivity index is 1.25. The van der Waals surface area contributed by atoms with Crippen LogP contribution in [0.4, 0.5) is 0 Å². The van der Waals surface area contributed by atoms with Gasteiger partial charge in [-0.2, -0.15) is 0 Å². The minimum absolute atomic E-state index is 0.131. The van der Waals surface area contributed by atoms with E-state index in [0.717, 1.165) is 0 Å². The Morgan fingerprint density at radius 2 is 0.857 bits per heavy atom. The Labute approximate surface area is 284 Å². The topological polar surface area (TPSA) is 0 Å². The second-order valence-electron chi connectivity index (χ2n) is 14.4. The molecule has 0 aromatic heterocycles. The molecule has 0 atom stereocenters. The van der Waals surface area contributed by atoms with Gasteiger partial charge in [0.05, 0.1) is 0 Å². The quantitative estimate of drug-likeness (QED) is 0.160. The summed E-state index contributed by atoms with van der Waals surface area (Å²) >= 11 is 0. The van der Waals surface area contributed by atoms with Crippen molar-refractivity contribution < 1.29 is 0 Å². The van der Waals surface area contributed by atoms with Crippen molar-refractivity contribution >= 4 is 75.4 Å². The van der Waals surface area contributed by atoms with E-state index in [0.29, 0.717) is 0 Å². The third kappa shape index (κ3) is 3.53. The van der Waals surface area contributed by atoms with Crippen LogP contribution in [0.15, 0.2) is 158 Å². The van der Waals surface area contributed by atoms with Gasteiger partial charge < -0.3 is 0 Å². The van der Waals surface area contributed by atoms with Gasteiger partial charge in [-0.15, -0.1) is 0 Å². The number of rotatable bonds is 1. The molecule has 0 heterocycles. The van der Waals surface area contributed by atoms with Gasteiger partial charge in [0, 0.05) is 5.41 Å². The first-order chi connectivity index (χ1) is 24.1. The molecule has 0 unspecified atom stereocenters. The lowest BCUT2D eigenvalue weighted by Crippen LogP contribution is -2.15. The molecule has 11 rings (SSSR count). The second-order valence-corrected chi connectivity index (χ2v) is 14.4. The molecule has 0 spiro atoms. The average molecular weight is 621 g/mol. The van der Waals surface area contributed by atoms with Crippen LogP contribution in [0.3, 0.4) is 0 Å². The zero-order chi connectivity index (χ0) is 32.4. The number of fused-ring (bicyclic) bond motifs is 17. The SMILES string of the molecule is CC1(C)c2cc3ccccc3cc2-c2c1c1ccc(-c3cc4c5ccccc5c5ccccc5c4c4ccccc34)cc1c1ccccc21. The van der Waals surface area contributed by atoms with Gasteiger partial charge in [-0.05, 0) is 133 Å². The summed E-state index contributed by atoms with van der Waals surface area (Å²) in [6.07, 6.45) is 0. The highest BCUT2D eigenvalue weighted by Crippen LogP contribution is 2.56. The summed E-state index contributed by atoms with van der Waals surface area (Å²) in [5.74, 6) is 0. The zero-order valence-electron chi connectivity index (χ0n) is 27.5. The fourth-order valence-corrected chi connectivity index (χ4v) is 9.39. The lowest BCUT2D eigenvalue weighted by atomic mass is 9.78. The van der Waals surface area contributed by atoms with Gasteiger partial charge in [0.2, 0.25) is 0 Å². The predicted molar refractivity (Wildman–Crippen MR) is 212 cm³/mol. The fraction of sp³-hybridized carbons (Fsp3) is 0.0612. The lowest BCUT2D eigenvalue weighted by Gasteiger charge is -2.24. The summed E-state index contributed by atoms with van der Waals surface area (Å²) in [6.45, 7) is 4.83. The van der Waals surface area contributed by atoms with E-state index in [2.05, 4.69) is 172 Å². The van der Waals surface area contributed by atoms with Crippen LogP contribution in [0.25, 0.3) is 97.7 Å². The molecule has 0 saturated heterocycles. The molecule has 49 heavy (non-hydrogen) atoms. The normalized spacial score (nSPS) is 13.7. The molecule has 0 bridgehead atoms. The number of benzene rings is 10. The van der Waals surface area contributed by atoms with Crippen molar-refractivity contribution in [1.29, 1.82) is 0 Å². The van der Waals surface area contributed by atoms with E-state index in [-0.39, 0.29) is 5.41 Å². The maximum atomic E-state index is 2.48. The van der Waals surface area contributed by atoms with Crippen LogP contribution < -0.4 is 0 Å². The van der Waals surface area contributed by atoms with Crippen LogP contribution in [0.2, 0.25) is 0 Å². The molecular weight excluding hydrogens is 589 g/mol. The van der Waals surface area contributed by atoms with E-state index in [1.54, 1.807) is 0 Å². The smallest absolute Gasteiger partial charge is 0.0165 e. The van der Waals surface area contributed by atoms with Crippen molar-refractivity contribution in [3.63, 3.8) is 0 Å². The first-order valence-corrected chi connectivity index (χ1v) is 17.4. The highest BCUT2D eigenvalue weighted by Gasteiger charge is 2.38. The van der Waals surface area contributed by atoms with Gasteiger partial charge in [0.1, 0.15) is 0 Å². The predicted octanol–water partition coefficient (Wildman–Crippen LogP) is 13.7. The van der Waals surface area contributed by atoms with Crippen molar-refractivity contribution in [2.75, 3.05) is 0 Å². The molecule has 0 aliphatic heterocycles. The summed E-state index contributed by atoms with van der Waals surface area (Å²) in [6, 6.07) is 59.3. The molecule has 10 aromatic rings. The van der Waals surface area contributed by atoms with Gasteiger partial charge in [0.15, 0.2) is 0 Å². The second kappa shape index (κ2) is 9.56. The molecule has 0 amide bonds. The molecule has 0 N–H and O–H groups in total. The molecule has 228 valence electrons. The molecule has 0 saturated carbocycles. The largest absolute Gasteiger partial charge is 0.0616 e. The molecule has 1 aliphatic rings. The van der Waals surface area contributed by atoms with Crippen LogP contribution in [0, 0.1) is 0 Å². The Kier molecular flexibility index (Phi) is 5.27. The molecule has 0 nitrogen and oxygen atoms in total. The molecule has 0 heteroatoms. The minimum atomic E-state index is -0.131. The van der Waals surface area contributed by atoms with Crippen LogP contribution >= 0.6 is 0 Å². The summed E-state index contributed by atoms with van der Waals surface area (Å²) in [7, 11) is 0. The number of hydrogen-bond acceptors (Lipinski definition) is 0. The Hall–Kier alpha value is -5.98. The van der Waals surface area contributed by atoms with Gasteiger partial charge >= 0.3 is 0 Å². The third-order valence-corrected chi connectivity index (χ3v) is 11.5. The standard InChI is InChI=1S/C49H32/c1-49(2)45-27-30-14-4-3-13-29(30)25-44(45)47-39-22-12-9-19-36(39)42-26-31(23-24-40(42)48(47)49)41-28-43-34-17-6-5-15-32(34)33-16-7-10-20-37(33)46(43)38-21-11-8-18-35(38)41/h3-28H,1-2H3. The van der Waals surface area contributed by atoms with E-state index in [1.807, 2.05) is 0 Å². The first-order valence-electron chi connectivity index (χ1n) is 17.4. The van der Waals surface area contributed by atoms with Crippen LogP contribution in [0.1, 0.15) is 25.0 Å². The summed E-state index contributed by atoms with van der Waals surface area (Å²) in [5, 5.41) is 18.4. The van der Waals surface area contributed by atoms with E-state index < -0.39 is 0 Å². The monoisotopic (exact) mass is 620 g/mol. The lowest BCUT2D eigenvalue weighted by molar-refractivity contribution is 0.667. The maximum Gasteiger partial charge on any atom is 0.0165 e. The molecular formula is C49H32. The average Bonchev–Trinajstić information content (AvgIpc) is 3.39. The summed E-state index contributed by atoms with van der Waals surface area (Å²) in [4.78, 5) is 0.